The van der Waals surface area contributed by atoms with Crippen LogP contribution in [0.1, 0.15) is 20.8 Å². The highest BCUT2D eigenvalue weighted by Gasteiger charge is 2.67. The Hall–Kier alpha value is -0.860. The lowest BCUT2D eigenvalue weighted by molar-refractivity contribution is -0.134. The molecule has 1 heterocycles. The van der Waals surface area contributed by atoms with Crippen molar-refractivity contribution in [2.24, 2.45) is 17.3 Å². The van der Waals surface area contributed by atoms with Crippen LogP contribution >= 0.6 is 0 Å². The van der Waals surface area contributed by atoms with Gasteiger partial charge in [-0.15, -0.1) is 0 Å². The first-order valence-corrected chi connectivity index (χ1v) is 4.72. The average Bonchev–Trinajstić information content (AvgIpc) is 2.48. The molecule has 0 aromatic heterocycles. The second-order valence-corrected chi connectivity index (χ2v) is 4.75. The third-order valence-corrected chi connectivity index (χ3v) is 3.80. The van der Waals surface area contributed by atoms with Crippen LogP contribution in [-0.2, 0) is 9.59 Å². The van der Waals surface area contributed by atoms with Gasteiger partial charge in [0.25, 0.3) is 0 Å². The molecule has 2 unspecified atom stereocenters. The number of amides is 1. The number of hydrogen-bond acceptors (Lipinski definition) is 2. The molecule has 2 rings (SSSR count). The number of rotatable bonds is 1. The number of hydrogen-bond donors (Lipinski definition) is 0. The highest BCUT2D eigenvalue weighted by atomic mass is 16.2. The van der Waals surface area contributed by atoms with Gasteiger partial charge in [0, 0.05) is 13.5 Å². The van der Waals surface area contributed by atoms with Crippen molar-refractivity contribution in [3.8, 4) is 0 Å². The predicted octanol–water partition coefficient (Wildman–Crippen LogP) is 0.688. The van der Waals surface area contributed by atoms with Crippen LogP contribution in [0.15, 0.2) is 0 Å². The largest absolute Gasteiger partial charge is 0.333 e. The number of likely N-dealkylation sites (tertiary alicyclic amines) is 1. The van der Waals surface area contributed by atoms with Crippen LogP contribution in [0.25, 0.3) is 0 Å². The Balaban J connectivity index is 2.18. The molecule has 3 nitrogen and oxygen atoms in total. The summed E-state index contributed by atoms with van der Waals surface area (Å²) in [4.78, 5) is 23.7. The third-order valence-electron chi connectivity index (χ3n) is 3.80. The van der Waals surface area contributed by atoms with Gasteiger partial charge in [0.05, 0.1) is 6.04 Å². The number of fused-ring (bicyclic) bond motifs is 1. The Kier molecular flexibility index (Phi) is 1.57. The lowest BCUT2D eigenvalue weighted by Gasteiger charge is -2.25. The van der Waals surface area contributed by atoms with E-state index in [9.17, 15) is 9.59 Å². The highest BCUT2D eigenvalue weighted by molar-refractivity contribution is 5.79. The fraction of sp³-hybridized carbons (Fsp3) is 0.800. The van der Waals surface area contributed by atoms with E-state index in [1.807, 2.05) is 0 Å². The lowest BCUT2D eigenvalue weighted by Crippen LogP contribution is -2.40. The second-order valence-electron chi connectivity index (χ2n) is 4.75. The van der Waals surface area contributed by atoms with Gasteiger partial charge in [-0.3, -0.25) is 4.79 Å². The summed E-state index contributed by atoms with van der Waals surface area (Å²) in [5, 5.41) is 0. The SMILES string of the molecule is CC(=O)N1CC2C([C@H]1C=O)C2(C)C. The maximum atomic E-state index is 11.2. The van der Waals surface area contributed by atoms with Crippen LogP contribution < -0.4 is 0 Å². The molecular weight excluding hydrogens is 166 g/mol. The molecule has 2 fully saturated rings. The van der Waals surface area contributed by atoms with Gasteiger partial charge in [0.1, 0.15) is 6.29 Å². The highest BCUT2D eigenvalue weighted by Crippen LogP contribution is 2.64. The van der Waals surface area contributed by atoms with E-state index < -0.39 is 0 Å². The smallest absolute Gasteiger partial charge is 0.220 e. The summed E-state index contributed by atoms with van der Waals surface area (Å²) in [5.41, 5.74) is 0.275. The van der Waals surface area contributed by atoms with Crippen molar-refractivity contribution >= 4 is 12.2 Å². The number of carbonyl (C=O) groups excluding carboxylic acids is 2. The first-order valence-electron chi connectivity index (χ1n) is 4.72. The molecule has 1 aliphatic carbocycles. The van der Waals surface area contributed by atoms with Gasteiger partial charge in [-0.2, -0.15) is 0 Å². The van der Waals surface area contributed by atoms with Crippen molar-refractivity contribution in [1.29, 1.82) is 0 Å². The van der Waals surface area contributed by atoms with E-state index in [2.05, 4.69) is 13.8 Å². The van der Waals surface area contributed by atoms with E-state index in [1.54, 1.807) is 4.90 Å². The predicted molar refractivity (Wildman–Crippen MR) is 48.0 cm³/mol. The van der Waals surface area contributed by atoms with E-state index in [1.165, 1.54) is 6.92 Å². The van der Waals surface area contributed by atoms with Crippen LogP contribution in [0.3, 0.4) is 0 Å². The maximum absolute atomic E-state index is 11.2. The van der Waals surface area contributed by atoms with Crippen LogP contribution in [0.2, 0.25) is 0 Å². The van der Waals surface area contributed by atoms with E-state index in [0.717, 1.165) is 12.8 Å². The number of aldehydes is 1. The van der Waals surface area contributed by atoms with Gasteiger partial charge < -0.3 is 9.69 Å². The Bertz CT molecular complexity index is 272. The first kappa shape index (κ1) is 8.73. The van der Waals surface area contributed by atoms with Crippen molar-refractivity contribution in [3.05, 3.63) is 0 Å². The quantitative estimate of drug-likeness (QED) is 0.558. The molecule has 0 bridgehead atoms. The maximum Gasteiger partial charge on any atom is 0.220 e. The topological polar surface area (TPSA) is 37.4 Å². The number of carbonyl (C=O) groups is 2. The number of piperidine rings is 1. The molecule has 1 saturated heterocycles. The van der Waals surface area contributed by atoms with Gasteiger partial charge >= 0.3 is 0 Å². The molecule has 2 aliphatic rings. The monoisotopic (exact) mass is 181 g/mol. The summed E-state index contributed by atoms with van der Waals surface area (Å²) < 4.78 is 0. The molecule has 13 heavy (non-hydrogen) atoms. The standard InChI is InChI=1S/C10H15NO2/c1-6(13)11-4-7-9(8(11)5-12)10(7,2)3/h5,7-9H,4H2,1-3H3/t7?,8-,9?/m1/s1. The summed E-state index contributed by atoms with van der Waals surface area (Å²) >= 11 is 0. The minimum absolute atomic E-state index is 0.0279. The van der Waals surface area contributed by atoms with Crippen LogP contribution in [0.5, 0.6) is 0 Å². The fourth-order valence-corrected chi connectivity index (χ4v) is 2.84. The normalized spacial score (nSPS) is 39.9. The summed E-state index contributed by atoms with van der Waals surface area (Å²) in [6, 6.07) is -0.155. The minimum atomic E-state index is -0.155. The van der Waals surface area contributed by atoms with Crippen molar-refractivity contribution < 1.29 is 9.59 Å². The van der Waals surface area contributed by atoms with Gasteiger partial charge in [-0.25, -0.2) is 0 Å². The molecule has 0 radical (unpaired) electrons. The Morgan fingerprint density at radius 3 is 2.62 bits per heavy atom. The zero-order chi connectivity index (χ0) is 9.80. The van der Waals surface area contributed by atoms with Crippen molar-refractivity contribution in [1.82, 2.24) is 4.90 Å². The molecule has 1 saturated carbocycles. The van der Waals surface area contributed by atoms with Gasteiger partial charge in [-0.05, 0) is 17.3 Å². The van der Waals surface area contributed by atoms with Crippen molar-refractivity contribution in [3.63, 3.8) is 0 Å². The average molecular weight is 181 g/mol. The van der Waals surface area contributed by atoms with E-state index in [-0.39, 0.29) is 17.4 Å². The summed E-state index contributed by atoms with van der Waals surface area (Å²) in [6.07, 6.45) is 0.931. The van der Waals surface area contributed by atoms with Gasteiger partial charge in [0.15, 0.2) is 0 Å². The number of nitrogens with zero attached hydrogens (tertiary/aromatic N) is 1. The Labute approximate surface area is 78.1 Å². The van der Waals surface area contributed by atoms with Crippen LogP contribution in [0, 0.1) is 17.3 Å². The molecule has 1 amide bonds. The minimum Gasteiger partial charge on any atom is -0.333 e. The van der Waals surface area contributed by atoms with Crippen LogP contribution in [-0.4, -0.2) is 29.7 Å². The van der Waals surface area contributed by atoms with E-state index in [0.29, 0.717) is 11.8 Å². The molecule has 3 atom stereocenters. The first-order chi connectivity index (χ1) is 6.00. The molecule has 0 aromatic rings. The summed E-state index contributed by atoms with van der Waals surface area (Å²) in [5.74, 6) is 0.987. The molecular formula is C10H15NO2. The zero-order valence-corrected chi connectivity index (χ0v) is 8.28. The molecule has 3 heteroatoms. The molecule has 1 aliphatic heterocycles. The van der Waals surface area contributed by atoms with E-state index in [4.69, 9.17) is 0 Å². The fourth-order valence-electron chi connectivity index (χ4n) is 2.84. The zero-order valence-electron chi connectivity index (χ0n) is 8.28. The Morgan fingerprint density at radius 2 is 2.15 bits per heavy atom. The van der Waals surface area contributed by atoms with Crippen molar-refractivity contribution in [2.75, 3.05) is 6.54 Å². The summed E-state index contributed by atoms with van der Waals surface area (Å²) in [6.45, 7) is 6.66. The third kappa shape index (κ3) is 0.960. The second kappa shape index (κ2) is 2.34. The molecule has 72 valence electrons. The summed E-state index contributed by atoms with van der Waals surface area (Å²) in [7, 11) is 0. The molecule has 0 N–H and O–H groups in total. The van der Waals surface area contributed by atoms with Gasteiger partial charge in [-0.1, -0.05) is 13.8 Å². The van der Waals surface area contributed by atoms with E-state index >= 15 is 0 Å². The Morgan fingerprint density at radius 1 is 1.54 bits per heavy atom. The lowest BCUT2D eigenvalue weighted by atomic mass is 10.0. The van der Waals surface area contributed by atoms with Gasteiger partial charge in [0.2, 0.25) is 5.91 Å². The molecule has 0 spiro atoms. The van der Waals surface area contributed by atoms with Crippen LogP contribution in [0.4, 0.5) is 0 Å². The molecule has 0 aromatic carbocycles. The van der Waals surface area contributed by atoms with Crippen molar-refractivity contribution in [2.45, 2.75) is 26.8 Å².